The summed E-state index contributed by atoms with van der Waals surface area (Å²) in [6.07, 6.45) is 0.660. The average Bonchev–Trinajstić information content (AvgIpc) is 2.70. The number of carbonyl (C=O) groups is 1. The molecule has 0 spiro atoms. The molecule has 2 N–H and O–H groups in total. The lowest BCUT2D eigenvalue weighted by molar-refractivity contribution is -0.137. The Bertz CT molecular complexity index is 843. The van der Waals surface area contributed by atoms with Crippen molar-refractivity contribution in [2.24, 2.45) is 0 Å². The third kappa shape index (κ3) is 3.89. The number of rotatable bonds is 7. The third-order valence-corrected chi connectivity index (χ3v) is 4.93. The normalized spacial score (nSPS) is 12.0. The summed E-state index contributed by atoms with van der Waals surface area (Å²) in [5.41, 5.74) is 1.44. The summed E-state index contributed by atoms with van der Waals surface area (Å²) < 4.78 is 41.8. The van der Waals surface area contributed by atoms with Gasteiger partial charge in [0.15, 0.2) is 0 Å². The van der Waals surface area contributed by atoms with Gasteiger partial charge in [-0.05, 0) is 37.1 Å². The molecule has 1 aromatic heterocycles. The molecule has 0 unspecified atom stereocenters. The van der Waals surface area contributed by atoms with Crippen LogP contribution in [0.15, 0.2) is 18.2 Å². The maximum atomic E-state index is 13.6. The summed E-state index contributed by atoms with van der Waals surface area (Å²) in [6.45, 7) is 3.51. The number of sulfonamides is 1. The van der Waals surface area contributed by atoms with Crippen LogP contribution in [0.5, 0.6) is 0 Å². The molecule has 1 heterocycles. The SMILES string of the molecule is CCCNS(=O)(=O)Cc1c(C)n(CC(=O)O)c2ccc(F)cc12. The van der Waals surface area contributed by atoms with E-state index >= 15 is 0 Å². The van der Waals surface area contributed by atoms with Crippen LogP contribution in [-0.4, -0.2) is 30.6 Å². The Kier molecular flexibility index (Phi) is 5.06. The molecule has 0 bridgehead atoms. The molecule has 0 radical (unpaired) electrons. The van der Waals surface area contributed by atoms with Gasteiger partial charge in [0.1, 0.15) is 12.4 Å². The average molecular weight is 342 g/mol. The minimum Gasteiger partial charge on any atom is -0.480 e. The molecule has 0 saturated heterocycles. The first kappa shape index (κ1) is 17.4. The van der Waals surface area contributed by atoms with Crippen LogP contribution >= 0.6 is 0 Å². The number of hydrogen-bond acceptors (Lipinski definition) is 3. The fraction of sp³-hybridized carbons (Fsp3) is 0.400. The van der Waals surface area contributed by atoms with E-state index in [9.17, 15) is 17.6 Å². The molecule has 2 aromatic rings. The Hall–Kier alpha value is -1.93. The maximum absolute atomic E-state index is 13.6. The van der Waals surface area contributed by atoms with E-state index in [2.05, 4.69) is 4.72 Å². The second kappa shape index (κ2) is 6.67. The molecule has 1 aromatic carbocycles. The number of aliphatic carboxylic acids is 1. The lowest BCUT2D eigenvalue weighted by atomic mass is 10.1. The van der Waals surface area contributed by atoms with E-state index in [1.54, 1.807) is 6.92 Å². The van der Waals surface area contributed by atoms with E-state index in [4.69, 9.17) is 5.11 Å². The van der Waals surface area contributed by atoms with Crippen molar-refractivity contribution in [2.75, 3.05) is 6.54 Å². The number of hydrogen-bond donors (Lipinski definition) is 2. The van der Waals surface area contributed by atoms with Crippen molar-refractivity contribution < 1.29 is 22.7 Å². The summed E-state index contributed by atoms with van der Waals surface area (Å²) in [5.74, 6) is -1.86. The molecule has 0 fully saturated rings. The van der Waals surface area contributed by atoms with Gasteiger partial charge in [0, 0.05) is 23.1 Å². The molecular formula is C15H19FN2O4S. The predicted octanol–water partition coefficient (Wildman–Crippen LogP) is 2.00. The second-order valence-corrected chi connectivity index (χ2v) is 7.17. The van der Waals surface area contributed by atoms with Gasteiger partial charge in [0.2, 0.25) is 10.0 Å². The fourth-order valence-corrected chi connectivity index (χ4v) is 3.91. The molecule has 0 aliphatic heterocycles. The van der Waals surface area contributed by atoms with Gasteiger partial charge in [-0.1, -0.05) is 6.92 Å². The standard InChI is InChI=1S/C15H19FN2O4S/c1-3-6-17-23(21,22)9-13-10(2)18(8-15(19)20)14-5-4-11(16)7-12(13)14/h4-5,7,17H,3,6,8-9H2,1-2H3,(H,19,20). The lowest BCUT2D eigenvalue weighted by Crippen LogP contribution is -2.26. The number of benzene rings is 1. The topological polar surface area (TPSA) is 88.4 Å². The van der Waals surface area contributed by atoms with Crippen LogP contribution in [0.1, 0.15) is 24.6 Å². The predicted molar refractivity (Wildman–Crippen MR) is 85.2 cm³/mol. The van der Waals surface area contributed by atoms with Crippen LogP contribution in [-0.2, 0) is 27.1 Å². The van der Waals surface area contributed by atoms with Crippen molar-refractivity contribution in [2.45, 2.75) is 32.6 Å². The van der Waals surface area contributed by atoms with Crippen LogP contribution in [0.25, 0.3) is 10.9 Å². The number of nitrogens with zero attached hydrogens (tertiary/aromatic N) is 1. The molecule has 0 saturated carbocycles. The van der Waals surface area contributed by atoms with E-state index in [1.807, 2.05) is 6.92 Å². The Labute approximate surface area is 134 Å². The number of carboxylic acids is 1. The van der Waals surface area contributed by atoms with Crippen LogP contribution in [0, 0.1) is 12.7 Å². The van der Waals surface area contributed by atoms with Gasteiger partial charge in [0.05, 0.1) is 5.75 Å². The molecule has 2 rings (SSSR count). The van der Waals surface area contributed by atoms with Gasteiger partial charge in [0.25, 0.3) is 0 Å². The van der Waals surface area contributed by atoms with E-state index in [0.29, 0.717) is 35.1 Å². The van der Waals surface area contributed by atoms with Crippen molar-refractivity contribution in [3.8, 4) is 0 Å². The molecule has 0 atom stereocenters. The van der Waals surface area contributed by atoms with E-state index < -0.39 is 21.8 Å². The maximum Gasteiger partial charge on any atom is 0.323 e. The quantitative estimate of drug-likeness (QED) is 0.805. The van der Waals surface area contributed by atoms with E-state index in [1.165, 1.54) is 22.8 Å². The molecule has 8 heteroatoms. The van der Waals surface area contributed by atoms with Crippen LogP contribution in [0.3, 0.4) is 0 Å². The fourth-order valence-electron chi connectivity index (χ4n) is 2.54. The number of fused-ring (bicyclic) bond motifs is 1. The zero-order valence-corrected chi connectivity index (χ0v) is 13.8. The number of carboxylic acid groups (broad SMARTS) is 1. The molecule has 0 aliphatic rings. The summed E-state index contributed by atoms with van der Waals surface area (Å²) in [5, 5.41) is 9.46. The van der Waals surface area contributed by atoms with Crippen LogP contribution < -0.4 is 4.72 Å². The van der Waals surface area contributed by atoms with Gasteiger partial charge in [-0.2, -0.15) is 0 Å². The minimum atomic E-state index is -3.57. The van der Waals surface area contributed by atoms with Crippen LogP contribution in [0.4, 0.5) is 4.39 Å². The van der Waals surface area contributed by atoms with Crippen molar-refractivity contribution in [1.82, 2.24) is 9.29 Å². The highest BCUT2D eigenvalue weighted by atomic mass is 32.2. The number of nitrogens with one attached hydrogen (secondary N) is 1. The van der Waals surface area contributed by atoms with E-state index in [0.717, 1.165) is 0 Å². The summed E-state index contributed by atoms with van der Waals surface area (Å²) in [7, 11) is -3.57. The largest absolute Gasteiger partial charge is 0.480 e. The molecule has 0 amide bonds. The van der Waals surface area contributed by atoms with Crippen molar-refractivity contribution in [3.05, 3.63) is 35.3 Å². The third-order valence-electron chi connectivity index (χ3n) is 3.62. The Balaban J connectivity index is 2.56. The van der Waals surface area contributed by atoms with Gasteiger partial charge in [-0.3, -0.25) is 4.79 Å². The summed E-state index contributed by atoms with van der Waals surface area (Å²) >= 11 is 0. The molecule has 23 heavy (non-hydrogen) atoms. The second-order valence-electron chi connectivity index (χ2n) is 5.36. The first-order valence-corrected chi connectivity index (χ1v) is 8.86. The molecule has 6 nitrogen and oxygen atoms in total. The highest BCUT2D eigenvalue weighted by Crippen LogP contribution is 2.28. The van der Waals surface area contributed by atoms with Crippen molar-refractivity contribution in [1.29, 1.82) is 0 Å². The number of aromatic nitrogens is 1. The first-order valence-electron chi connectivity index (χ1n) is 7.21. The molecular weight excluding hydrogens is 323 g/mol. The number of halogens is 1. The summed E-state index contributed by atoms with van der Waals surface area (Å²) in [4.78, 5) is 11.0. The zero-order chi connectivity index (χ0) is 17.2. The highest BCUT2D eigenvalue weighted by molar-refractivity contribution is 7.88. The van der Waals surface area contributed by atoms with Gasteiger partial charge < -0.3 is 9.67 Å². The van der Waals surface area contributed by atoms with Crippen molar-refractivity contribution in [3.63, 3.8) is 0 Å². The Morgan fingerprint density at radius 1 is 1.39 bits per heavy atom. The lowest BCUT2D eigenvalue weighted by Gasteiger charge is -2.07. The summed E-state index contributed by atoms with van der Waals surface area (Å²) in [6, 6.07) is 3.94. The van der Waals surface area contributed by atoms with Crippen LogP contribution in [0.2, 0.25) is 0 Å². The monoisotopic (exact) mass is 342 g/mol. The Morgan fingerprint density at radius 3 is 2.70 bits per heavy atom. The minimum absolute atomic E-state index is 0.309. The van der Waals surface area contributed by atoms with Gasteiger partial charge in [-0.15, -0.1) is 0 Å². The Morgan fingerprint density at radius 2 is 2.09 bits per heavy atom. The van der Waals surface area contributed by atoms with Crippen molar-refractivity contribution >= 4 is 26.9 Å². The zero-order valence-electron chi connectivity index (χ0n) is 13.0. The molecule has 126 valence electrons. The first-order chi connectivity index (χ1) is 10.7. The smallest absolute Gasteiger partial charge is 0.323 e. The highest BCUT2D eigenvalue weighted by Gasteiger charge is 2.21. The van der Waals surface area contributed by atoms with Gasteiger partial charge >= 0.3 is 5.97 Å². The van der Waals surface area contributed by atoms with E-state index in [-0.39, 0.29) is 12.3 Å². The van der Waals surface area contributed by atoms with Gasteiger partial charge in [-0.25, -0.2) is 17.5 Å². The molecule has 0 aliphatic carbocycles.